The lowest BCUT2D eigenvalue weighted by Crippen LogP contribution is -2.34. The molecule has 5 heteroatoms. The summed E-state index contributed by atoms with van der Waals surface area (Å²) in [5.41, 5.74) is 0.243. The maximum atomic E-state index is 10.3. The van der Waals surface area contributed by atoms with Crippen molar-refractivity contribution in [3.8, 4) is 0 Å². The second-order valence-electron chi connectivity index (χ2n) is 5.67. The van der Waals surface area contributed by atoms with E-state index in [9.17, 15) is 10.2 Å². The SMILES string of the molecule is CC(C)n1ncc(Br)c1C(O)C(O)C(C)(C)C. The van der Waals surface area contributed by atoms with Gasteiger partial charge in [-0.1, -0.05) is 20.8 Å². The first-order chi connectivity index (χ1) is 7.66. The maximum absolute atomic E-state index is 10.3. The Morgan fingerprint density at radius 2 is 1.82 bits per heavy atom. The zero-order valence-corrected chi connectivity index (χ0v) is 12.6. The third-order valence-corrected chi connectivity index (χ3v) is 3.35. The summed E-state index contributed by atoms with van der Waals surface area (Å²) in [4.78, 5) is 0. The van der Waals surface area contributed by atoms with Crippen molar-refractivity contribution in [1.29, 1.82) is 0 Å². The van der Waals surface area contributed by atoms with Crippen molar-refractivity contribution in [3.63, 3.8) is 0 Å². The van der Waals surface area contributed by atoms with E-state index in [0.717, 1.165) is 4.47 Å². The highest BCUT2D eigenvalue weighted by Crippen LogP contribution is 2.34. The molecule has 4 nitrogen and oxygen atoms in total. The number of aliphatic hydroxyl groups is 2. The van der Waals surface area contributed by atoms with Crippen LogP contribution >= 0.6 is 15.9 Å². The fourth-order valence-electron chi connectivity index (χ4n) is 1.66. The van der Waals surface area contributed by atoms with Crippen molar-refractivity contribution in [2.24, 2.45) is 5.41 Å². The summed E-state index contributed by atoms with van der Waals surface area (Å²) in [5, 5.41) is 24.6. The molecular formula is C12H21BrN2O2. The molecule has 0 saturated heterocycles. The van der Waals surface area contributed by atoms with Crippen molar-refractivity contribution in [1.82, 2.24) is 9.78 Å². The van der Waals surface area contributed by atoms with E-state index < -0.39 is 12.2 Å². The Bertz CT molecular complexity index is 382. The minimum atomic E-state index is -0.950. The Kier molecular flexibility index (Phi) is 4.38. The van der Waals surface area contributed by atoms with Gasteiger partial charge in [0, 0.05) is 6.04 Å². The van der Waals surface area contributed by atoms with Gasteiger partial charge < -0.3 is 10.2 Å². The second kappa shape index (κ2) is 5.08. The molecule has 0 aromatic carbocycles. The summed E-state index contributed by atoms with van der Waals surface area (Å²) in [5.74, 6) is 0. The van der Waals surface area contributed by atoms with Crippen LogP contribution in [0.1, 0.15) is 52.5 Å². The molecule has 2 unspecified atom stereocenters. The van der Waals surface area contributed by atoms with Gasteiger partial charge in [-0.15, -0.1) is 0 Å². The summed E-state index contributed by atoms with van der Waals surface area (Å²) in [6, 6.07) is 0.137. The van der Waals surface area contributed by atoms with E-state index in [1.807, 2.05) is 34.6 Å². The Morgan fingerprint density at radius 1 is 1.29 bits per heavy atom. The number of rotatable bonds is 3. The molecule has 0 aliphatic carbocycles. The van der Waals surface area contributed by atoms with E-state index in [1.165, 1.54) is 0 Å². The molecule has 0 spiro atoms. The third kappa shape index (κ3) is 3.09. The van der Waals surface area contributed by atoms with Crippen LogP contribution in [-0.4, -0.2) is 26.1 Å². The van der Waals surface area contributed by atoms with Crippen LogP contribution in [0.4, 0.5) is 0 Å². The molecule has 0 aliphatic heterocycles. The molecular weight excluding hydrogens is 284 g/mol. The van der Waals surface area contributed by atoms with Crippen LogP contribution in [0.5, 0.6) is 0 Å². The van der Waals surface area contributed by atoms with Gasteiger partial charge in [-0.2, -0.15) is 5.10 Å². The quantitative estimate of drug-likeness (QED) is 0.902. The molecule has 1 aromatic heterocycles. The van der Waals surface area contributed by atoms with Crippen molar-refractivity contribution in [2.45, 2.75) is 52.9 Å². The average molecular weight is 305 g/mol. The van der Waals surface area contributed by atoms with E-state index in [2.05, 4.69) is 21.0 Å². The summed E-state index contributed by atoms with van der Waals surface area (Å²) >= 11 is 3.37. The third-order valence-electron chi connectivity index (χ3n) is 2.74. The molecule has 98 valence electrons. The second-order valence-corrected chi connectivity index (χ2v) is 6.53. The lowest BCUT2D eigenvalue weighted by atomic mass is 9.85. The van der Waals surface area contributed by atoms with Crippen LogP contribution in [0, 0.1) is 5.41 Å². The highest BCUT2D eigenvalue weighted by molar-refractivity contribution is 9.10. The predicted molar refractivity (Wildman–Crippen MR) is 70.7 cm³/mol. The first kappa shape index (κ1) is 14.7. The molecule has 1 rings (SSSR count). The minimum absolute atomic E-state index is 0.137. The minimum Gasteiger partial charge on any atom is -0.389 e. The smallest absolute Gasteiger partial charge is 0.123 e. The number of aromatic nitrogens is 2. The van der Waals surface area contributed by atoms with E-state index in [1.54, 1.807) is 10.9 Å². The molecule has 1 heterocycles. The monoisotopic (exact) mass is 304 g/mol. The highest BCUT2D eigenvalue weighted by Gasteiger charge is 2.33. The Morgan fingerprint density at radius 3 is 2.24 bits per heavy atom. The van der Waals surface area contributed by atoms with Gasteiger partial charge in [-0.05, 0) is 35.2 Å². The fraction of sp³-hybridized carbons (Fsp3) is 0.750. The predicted octanol–water partition coefficient (Wildman–Crippen LogP) is 2.67. The summed E-state index contributed by atoms with van der Waals surface area (Å²) in [6.07, 6.45) is -0.143. The van der Waals surface area contributed by atoms with Gasteiger partial charge in [-0.25, -0.2) is 0 Å². The van der Waals surface area contributed by atoms with E-state index >= 15 is 0 Å². The van der Waals surface area contributed by atoms with E-state index in [4.69, 9.17) is 0 Å². The van der Waals surface area contributed by atoms with Crippen LogP contribution in [0.3, 0.4) is 0 Å². The zero-order chi connectivity index (χ0) is 13.4. The number of hydrogen-bond acceptors (Lipinski definition) is 3. The molecule has 0 aliphatic rings. The van der Waals surface area contributed by atoms with Crippen LogP contribution in [0.15, 0.2) is 10.7 Å². The molecule has 17 heavy (non-hydrogen) atoms. The Balaban J connectivity index is 3.11. The van der Waals surface area contributed by atoms with Crippen LogP contribution in [0.2, 0.25) is 0 Å². The van der Waals surface area contributed by atoms with Crippen molar-refractivity contribution < 1.29 is 10.2 Å². The molecule has 2 atom stereocenters. The maximum Gasteiger partial charge on any atom is 0.123 e. The normalized spacial score (nSPS) is 16.3. The van der Waals surface area contributed by atoms with Crippen molar-refractivity contribution in [2.75, 3.05) is 0 Å². The average Bonchev–Trinajstić information content (AvgIpc) is 2.56. The fourth-order valence-corrected chi connectivity index (χ4v) is 2.17. The lowest BCUT2D eigenvalue weighted by Gasteiger charge is -2.30. The zero-order valence-electron chi connectivity index (χ0n) is 11.0. The number of nitrogens with zero attached hydrogens (tertiary/aromatic N) is 2. The molecule has 0 bridgehead atoms. The Hall–Kier alpha value is -0.390. The summed E-state index contributed by atoms with van der Waals surface area (Å²) < 4.78 is 2.45. The highest BCUT2D eigenvalue weighted by atomic mass is 79.9. The molecule has 0 saturated carbocycles. The van der Waals surface area contributed by atoms with E-state index in [0.29, 0.717) is 5.69 Å². The van der Waals surface area contributed by atoms with E-state index in [-0.39, 0.29) is 11.5 Å². The lowest BCUT2D eigenvalue weighted by molar-refractivity contribution is -0.0502. The standard InChI is InChI=1S/C12H21BrN2O2/c1-7(2)15-9(8(13)6-14-15)10(16)11(17)12(3,4)5/h6-7,10-11,16-17H,1-5H3. The van der Waals surface area contributed by atoms with Gasteiger partial charge >= 0.3 is 0 Å². The van der Waals surface area contributed by atoms with Crippen molar-refractivity contribution in [3.05, 3.63) is 16.4 Å². The van der Waals surface area contributed by atoms with Gasteiger partial charge in [0.05, 0.1) is 22.5 Å². The molecule has 0 radical (unpaired) electrons. The molecule has 2 N–H and O–H groups in total. The number of hydrogen-bond donors (Lipinski definition) is 2. The van der Waals surface area contributed by atoms with Gasteiger partial charge in [0.1, 0.15) is 6.10 Å². The molecule has 0 amide bonds. The topological polar surface area (TPSA) is 58.3 Å². The van der Waals surface area contributed by atoms with Crippen molar-refractivity contribution >= 4 is 15.9 Å². The Labute approximate surface area is 111 Å². The molecule has 1 aromatic rings. The number of aliphatic hydroxyl groups excluding tert-OH is 2. The van der Waals surface area contributed by atoms with Crippen LogP contribution in [0.25, 0.3) is 0 Å². The van der Waals surface area contributed by atoms with Gasteiger partial charge in [0.2, 0.25) is 0 Å². The van der Waals surface area contributed by atoms with Gasteiger partial charge in [0.25, 0.3) is 0 Å². The van der Waals surface area contributed by atoms with Gasteiger partial charge in [0.15, 0.2) is 0 Å². The first-order valence-corrected chi connectivity index (χ1v) is 6.54. The number of halogens is 1. The first-order valence-electron chi connectivity index (χ1n) is 5.75. The summed E-state index contributed by atoms with van der Waals surface area (Å²) in [6.45, 7) is 9.65. The van der Waals surface area contributed by atoms with Crippen LogP contribution < -0.4 is 0 Å². The largest absolute Gasteiger partial charge is 0.389 e. The van der Waals surface area contributed by atoms with Crippen LogP contribution in [-0.2, 0) is 0 Å². The summed E-state index contributed by atoms with van der Waals surface area (Å²) in [7, 11) is 0. The molecule has 0 fully saturated rings. The van der Waals surface area contributed by atoms with Gasteiger partial charge in [-0.3, -0.25) is 4.68 Å².